The Kier molecular flexibility index (Phi) is 4.10. The van der Waals surface area contributed by atoms with Gasteiger partial charge in [-0.2, -0.15) is 18.3 Å². The first kappa shape index (κ1) is 16.9. The number of aromatic nitrogens is 2. The highest BCUT2D eigenvalue weighted by Gasteiger charge is 2.35. The Hall–Kier alpha value is -2.51. The van der Waals surface area contributed by atoms with Crippen molar-refractivity contribution in [3.8, 4) is 16.9 Å². The number of carbonyl (C=O) groups is 1. The largest absolute Gasteiger partial charge is 0.496 e. The second-order valence-corrected chi connectivity index (χ2v) is 5.45. The summed E-state index contributed by atoms with van der Waals surface area (Å²) in [4.78, 5) is 11.2. The molecule has 0 spiro atoms. The average Bonchev–Trinajstić information content (AvgIpc) is 2.96. The molecular weight excluding hydrogens is 313 g/mol. The molecular formula is C15H15F3N2O3. The van der Waals surface area contributed by atoms with Crippen molar-refractivity contribution in [3.63, 3.8) is 0 Å². The maximum atomic E-state index is 13.1. The van der Waals surface area contributed by atoms with Crippen molar-refractivity contribution in [1.29, 1.82) is 0 Å². The van der Waals surface area contributed by atoms with Crippen LogP contribution in [0.3, 0.4) is 0 Å². The molecule has 0 fully saturated rings. The molecule has 0 radical (unpaired) electrons. The van der Waals surface area contributed by atoms with Crippen molar-refractivity contribution in [2.45, 2.75) is 25.6 Å². The summed E-state index contributed by atoms with van der Waals surface area (Å²) in [6.45, 7) is 2.89. The van der Waals surface area contributed by atoms with Crippen LogP contribution >= 0.6 is 0 Å². The van der Waals surface area contributed by atoms with E-state index in [2.05, 4.69) is 5.10 Å². The number of hydrogen-bond acceptors (Lipinski definition) is 3. The Morgan fingerprint density at radius 1 is 1.26 bits per heavy atom. The molecule has 1 aromatic heterocycles. The number of aliphatic carboxylic acids is 1. The Labute approximate surface area is 130 Å². The maximum absolute atomic E-state index is 13.1. The Balaban J connectivity index is 2.48. The Morgan fingerprint density at radius 2 is 1.91 bits per heavy atom. The van der Waals surface area contributed by atoms with Crippen LogP contribution in [0.25, 0.3) is 11.1 Å². The molecule has 0 aliphatic carbocycles. The lowest BCUT2D eigenvalue weighted by atomic mass is 10.0. The first-order valence-corrected chi connectivity index (χ1v) is 6.61. The Bertz CT molecular complexity index is 736. The second kappa shape index (κ2) is 5.60. The molecule has 1 heterocycles. The van der Waals surface area contributed by atoms with Gasteiger partial charge in [0, 0.05) is 11.8 Å². The van der Waals surface area contributed by atoms with Gasteiger partial charge in [0.05, 0.1) is 18.9 Å². The molecule has 5 nitrogen and oxygen atoms in total. The van der Waals surface area contributed by atoms with E-state index in [9.17, 15) is 18.0 Å². The minimum atomic E-state index is -4.56. The summed E-state index contributed by atoms with van der Waals surface area (Å²) >= 11 is 0. The predicted molar refractivity (Wildman–Crippen MR) is 76.2 cm³/mol. The molecule has 0 bridgehead atoms. The number of nitrogens with zero attached hydrogens (tertiary/aromatic N) is 2. The van der Waals surface area contributed by atoms with Gasteiger partial charge in [-0.25, -0.2) is 4.79 Å². The van der Waals surface area contributed by atoms with Gasteiger partial charge in [0.15, 0.2) is 5.54 Å². The van der Waals surface area contributed by atoms with Gasteiger partial charge in [-0.05, 0) is 31.5 Å². The summed E-state index contributed by atoms with van der Waals surface area (Å²) in [7, 11) is 1.16. The van der Waals surface area contributed by atoms with Crippen molar-refractivity contribution in [1.82, 2.24) is 9.78 Å². The van der Waals surface area contributed by atoms with Crippen LogP contribution in [-0.2, 0) is 16.5 Å². The molecule has 8 heteroatoms. The molecule has 0 saturated heterocycles. The summed E-state index contributed by atoms with van der Waals surface area (Å²) in [6.07, 6.45) is -1.83. The quantitative estimate of drug-likeness (QED) is 0.934. The highest BCUT2D eigenvalue weighted by Crippen LogP contribution is 2.38. The number of ether oxygens (including phenoxy) is 1. The number of carboxylic acid groups (broad SMARTS) is 1. The summed E-state index contributed by atoms with van der Waals surface area (Å²) in [6, 6.07) is 3.63. The molecule has 0 aliphatic rings. The van der Waals surface area contributed by atoms with E-state index in [0.717, 1.165) is 13.2 Å². The van der Waals surface area contributed by atoms with Gasteiger partial charge in [0.25, 0.3) is 0 Å². The van der Waals surface area contributed by atoms with Crippen LogP contribution in [0.1, 0.15) is 19.4 Å². The van der Waals surface area contributed by atoms with E-state index in [4.69, 9.17) is 9.84 Å². The van der Waals surface area contributed by atoms with E-state index >= 15 is 0 Å². The van der Waals surface area contributed by atoms with Gasteiger partial charge in [-0.3, -0.25) is 4.68 Å². The highest BCUT2D eigenvalue weighted by molar-refractivity contribution is 5.76. The number of methoxy groups -OCH3 is 1. The summed E-state index contributed by atoms with van der Waals surface area (Å²) in [5.74, 6) is -1.38. The molecule has 0 saturated carbocycles. The van der Waals surface area contributed by atoms with Gasteiger partial charge in [0.1, 0.15) is 5.75 Å². The van der Waals surface area contributed by atoms with E-state index in [-0.39, 0.29) is 11.3 Å². The lowest BCUT2D eigenvalue weighted by molar-refractivity contribution is -0.146. The number of alkyl halides is 3. The van der Waals surface area contributed by atoms with E-state index in [1.54, 1.807) is 0 Å². The molecule has 124 valence electrons. The zero-order chi connectivity index (χ0) is 17.4. The maximum Gasteiger partial charge on any atom is 0.419 e. The number of hydrogen-bond donors (Lipinski definition) is 1. The third-order valence-electron chi connectivity index (χ3n) is 3.52. The zero-order valence-electron chi connectivity index (χ0n) is 12.7. The van der Waals surface area contributed by atoms with E-state index in [1.807, 2.05) is 0 Å². The van der Waals surface area contributed by atoms with E-state index in [0.29, 0.717) is 5.56 Å². The van der Waals surface area contributed by atoms with Crippen LogP contribution in [0.15, 0.2) is 30.6 Å². The molecule has 0 unspecified atom stereocenters. The average molecular weight is 328 g/mol. The third kappa shape index (κ3) is 3.15. The van der Waals surface area contributed by atoms with Crippen LogP contribution in [0.5, 0.6) is 5.75 Å². The molecule has 2 aromatic rings. The standard InChI is InChI=1S/C15H15F3N2O3/c1-14(2,13(21)22)20-8-10(7-19-20)9-4-5-12(23-3)11(6-9)15(16,17)18/h4-8H,1-3H3,(H,21,22). The van der Waals surface area contributed by atoms with Crippen molar-refractivity contribution >= 4 is 5.97 Å². The topological polar surface area (TPSA) is 64.4 Å². The fourth-order valence-corrected chi connectivity index (χ4v) is 1.98. The monoisotopic (exact) mass is 328 g/mol. The number of halogens is 3. The first-order valence-electron chi connectivity index (χ1n) is 6.61. The number of benzene rings is 1. The normalized spacial score (nSPS) is 12.3. The fourth-order valence-electron chi connectivity index (χ4n) is 1.98. The molecule has 1 N–H and O–H groups in total. The van der Waals surface area contributed by atoms with Gasteiger partial charge in [0.2, 0.25) is 0 Å². The smallest absolute Gasteiger partial charge is 0.419 e. The number of carboxylic acids is 1. The lowest BCUT2D eigenvalue weighted by Crippen LogP contribution is -2.35. The van der Waals surface area contributed by atoms with Gasteiger partial charge in [-0.1, -0.05) is 6.07 Å². The minimum absolute atomic E-state index is 0.269. The van der Waals surface area contributed by atoms with Crippen molar-refractivity contribution < 1.29 is 27.8 Å². The van der Waals surface area contributed by atoms with E-state index in [1.165, 1.54) is 43.1 Å². The van der Waals surface area contributed by atoms with Crippen LogP contribution in [0, 0.1) is 0 Å². The van der Waals surface area contributed by atoms with E-state index < -0.39 is 23.2 Å². The minimum Gasteiger partial charge on any atom is -0.496 e. The van der Waals surface area contributed by atoms with Gasteiger partial charge >= 0.3 is 12.1 Å². The van der Waals surface area contributed by atoms with Crippen molar-refractivity contribution in [2.75, 3.05) is 7.11 Å². The molecule has 23 heavy (non-hydrogen) atoms. The number of rotatable bonds is 4. The fraction of sp³-hybridized carbons (Fsp3) is 0.333. The Morgan fingerprint density at radius 3 is 2.43 bits per heavy atom. The molecule has 0 amide bonds. The van der Waals surface area contributed by atoms with Gasteiger partial charge < -0.3 is 9.84 Å². The van der Waals surface area contributed by atoms with Crippen LogP contribution in [0.4, 0.5) is 13.2 Å². The molecule has 2 rings (SSSR count). The molecule has 0 aliphatic heterocycles. The first-order chi connectivity index (χ1) is 10.6. The molecule has 0 atom stereocenters. The summed E-state index contributed by atoms with van der Waals surface area (Å²) < 4.78 is 45.1. The van der Waals surface area contributed by atoms with Crippen molar-refractivity contribution in [3.05, 3.63) is 36.2 Å². The highest BCUT2D eigenvalue weighted by atomic mass is 19.4. The van der Waals surface area contributed by atoms with Crippen LogP contribution in [0.2, 0.25) is 0 Å². The SMILES string of the molecule is COc1ccc(-c2cnn(C(C)(C)C(=O)O)c2)cc1C(F)(F)F. The zero-order valence-corrected chi connectivity index (χ0v) is 12.7. The summed E-state index contributed by atoms with van der Waals surface area (Å²) in [5.41, 5.74) is -1.56. The van der Waals surface area contributed by atoms with Crippen LogP contribution in [-0.4, -0.2) is 28.0 Å². The second-order valence-electron chi connectivity index (χ2n) is 5.45. The summed E-state index contributed by atoms with van der Waals surface area (Å²) in [5, 5.41) is 13.1. The molecule has 1 aromatic carbocycles. The van der Waals surface area contributed by atoms with Gasteiger partial charge in [-0.15, -0.1) is 0 Å². The van der Waals surface area contributed by atoms with Crippen LogP contribution < -0.4 is 4.74 Å². The third-order valence-corrected chi connectivity index (χ3v) is 3.52. The predicted octanol–water partition coefficient (Wildman–Crippen LogP) is 3.40. The lowest BCUT2D eigenvalue weighted by Gasteiger charge is -2.19. The van der Waals surface area contributed by atoms with Crippen molar-refractivity contribution in [2.24, 2.45) is 0 Å².